The van der Waals surface area contributed by atoms with E-state index >= 15 is 0 Å². The number of para-hydroxylation sites is 1. The van der Waals surface area contributed by atoms with Gasteiger partial charge in [0, 0.05) is 21.0 Å². The van der Waals surface area contributed by atoms with Gasteiger partial charge in [0.25, 0.3) is 11.8 Å². The fourth-order valence-electron chi connectivity index (χ4n) is 4.73. The Hall–Kier alpha value is -5.09. The Morgan fingerprint density at radius 2 is 1.59 bits per heavy atom. The lowest BCUT2D eigenvalue weighted by Crippen LogP contribution is -2.15. The van der Waals surface area contributed by atoms with Crippen molar-refractivity contribution in [1.82, 2.24) is 25.6 Å². The number of anilines is 2. The molecular weight excluding hydrogens is 582 g/mol. The lowest BCUT2D eigenvalue weighted by molar-refractivity contribution is 0.101. The SMILES string of the molecule is O=C(Nc1ccc(Br)cc1-c1nn[nH]n1)c1cc2cccc(NC(=O)c3ccccc3CCc3ccccc3)c2[nH]1. The molecule has 0 atom stereocenters. The van der Waals surface area contributed by atoms with Gasteiger partial charge in [-0.15, -0.1) is 10.2 Å². The number of benzene rings is 4. The number of tetrazole rings is 1. The molecule has 0 saturated carbocycles. The van der Waals surface area contributed by atoms with E-state index in [9.17, 15) is 9.59 Å². The van der Waals surface area contributed by atoms with Crippen LogP contribution in [0.1, 0.15) is 32.0 Å². The van der Waals surface area contributed by atoms with Crippen LogP contribution in [0.25, 0.3) is 22.3 Å². The van der Waals surface area contributed by atoms with Gasteiger partial charge in [-0.05, 0) is 65.6 Å². The van der Waals surface area contributed by atoms with E-state index in [0.29, 0.717) is 39.5 Å². The average Bonchev–Trinajstić information content (AvgIpc) is 3.69. The molecule has 0 unspecified atom stereocenters. The molecule has 0 spiro atoms. The summed E-state index contributed by atoms with van der Waals surface area (Å²) in [4.78, 5) is 29.9. The van der Waals surface area contributed by atoms with Crippen LogP contribution in [-0.2, 0) is 12.8 Å². The summed E-state index contributed by atoms with van der Waals surface area (Å²) in [6, 6.07) is 30.5. The van der Waals surface area contributed by atoms with E-state index in [1.54, 1.807) is 18.2 Å². The molecule has 0 aliphatic rings. The summed E-state index contributed by atoms with van der Waals surface area (Å²) in [5.41, 5.74) is 5.52. The second-order valence-electron chi connectivity index (χ2n) is 9.43. The fourth-order valence-corrected chi connectivity index (χ4v) is 5.09. The number of aromatic amines is 2. The molecule has 2 heterocycles. The van der Waals surface area contributed by atoms with Gasteiger partial charge in [0.15, 0.2) is 0 Å². The highest BCUT2D eigenvalue weighted by atomic mass is 79.9. The van der Waals surface area contributed by atoms with Crippen LogP contribution in [0.5, 0.6) is 0 Å². The first-order valence-electron chi connectivity index (χ1n) is 12.9. The van der Waals surface area contributed by atoms with E-state index < -0.39 is 0 Å². The molecule has 0 fully saturated rings. The third-order valence-electron chi connectivity index (χ3n) is 6.75. The minimum absolute atomic E-state index is 0.207. The summed E-state index contributed by atoms with van der Waals surface area (Å²) >= 11 is 3.44. The molecule has 6 rings (SSSR count). The molecule has 2 aromatic heterocycles. The quantitative estimate of drug-likeness (QED) is 0.159. The van der Waals surface area contributed by atoms with E-state index in [4.69, 9.17) is 0 Å². The molecule has 4 N–H and O–H groups in total. The second kappa shape index (κ2) is 11.6. The summed E-state index contributed by atoms with van der Waals surface area (Å²) in [6.07, 6.45) is 1.58. The maximum Gasteiger partial charge on any atom is 0.272 e. The highest BCUT2D eigenvalue weighted by Gasteiger charge is 2.18. The number of rotatable bonds is 8. The maximum atomic E-state index is 13.4. The lowest BCUT2D eigenvalue weighted by Gasteiger charge is -2.11. The van der Waals surface area contributed by atoms with Crippen molar-refractivity contribution in [2.75, 3.05) is 10.6 Å². The van der Waals surface area contributed by atoms with Crippen molar-refractivity contribution in [3.8, 4) is 11.4 Å². The summed E-state index contributed by atoms with van der Waals surface area (Å²) in [5.74, 6) is -0.203. The normalized spacial score (nSPS) is 11.0. The standard InChI is InChI=1S/C31H24BrN7O2/c32-22-15-16-25(24(18-22)29-36-38-39-37-29)34-31(41)27-17-21-10-6-12-26(28(21)33-27)35-30(40)23-11-5-4-9-20(23)14-13-19-7-2-1-3-8-19/h1-12,15-18,33H,13-14H2,(H,34,41)(H,35,40)(H,36,37,38,39). The lowest BCUT2D eigenvalue weighted by atomic mass is 9.99. The molecule has 9 nitrogen and oxygen atoms in total. The van der Waals surface area contributed by atoms with Crippen molar-refractivity contribution in [3.63, 3.8) is 0 Å². The van der Waals surface area contributed by atoms with Crippen molar-refractivity contribution < 1.29 is 9.59 Å². The number of halogens is 1. The number of hydrogen-bond acceptors (Lipinski definition) is 5. The van der Waals surface area contributed by atoms with Gasteiger partial charge < -0.3 is 15.6 Å². The maximum absolute atomic E-state index is 13.4. The number of hydrogen-bond donors (Lipinski definition) is 4. The first-order chi connectivity index (χ1) is 20.0. The molecule has 0 aliphatic carbocycles. The molecule has 2 amide bonds. The van der Waals surface area contributed by atoms with Crippen LogP contribution >= 0.6 is 15.9 Å². The van der Waals surface area contributed by atoms with E-state index in [0.717, 1.165) is 28.3 Å². The van der Waals surface area contributed by atoms with Gasteiger partial charge in [0.2, 0.25) is 5.82 Å². The van der Waals surface area contributed by atoms with Crippen LogP contribution in [0.15, 0.2) is 102 Å². The first kappa shape index (κ1) is 26.1. The van der Waals surface area contributed by atoms with E-state index in [1.807, 2.05) is 66.7 Å². The van der Waals surface area contributed by atoms with Gasteiger partial charge >= 0.3 is 0 Å². The zero-order valence-electron chi connectivity index (χ0n) is 21.7. The van der Waals surface area contributed by atoms with Crippen molar-refractivity contribution in [3.05, 3.63) is 124 Å². The topological polar surface area (TPSA) is 128 Å². The van der Waals surface area contributed by atoms with Crippen molar-refractivity contribution >= 4 is 50.0 Å². The predicted molar refractivity (Wildman–Crippen MR) is 162 cm³/mol. The van der Waals surface area contributed by atoms with Gasteiger partial charge in [-0.2, -0.15) is 5.21 Å². The van der Waals surface area contributed by atoms with Crippen LogP contribution in [-0.4, -0.2) is 37.4 Å². The summed E-state index contributed by atoms with van der Waals surface area (Å²) in [5, 5.41) is 20.9. The molecule has 0 bridgehead atoms. The Morgan fingerprint density at radius 1 is 0.780 bits per heavy atom. The molecule has 41 heavy (non-hydrogen) atoms. The Morgan fingerprint density at radius 3 is 2.41 bits per heavy atom. The minimum atomic E-state index is -0.350. The van der Waals surface area contributed by atoms with Gasteiger partial charge in [-0.1, -0.05) is 76.6 Å². The number of aryl methyl sites for hydroxylation is 2. The monoisotopic (exact) mass is 605 g/mol. The number of aromatic nitrogens is 5. The molecule has 0 saturated heterocycles. The Bertz CT molecular complexity index is 1850. The average molecular weight is 606 g/mol. The smallest absolute Gasteiger partial charge is 0.272 e. The van der Waals surface area contributed by atoms with Crippen LogP contribution in [0, 0.1) is 0 Å². The zero-order valence-corrected chi connectivity index (χ0v) is 23.3. The minimum Gasteiger partial charge on any atom is -0.349 e. The number of fused-ring (bicyclic) bond motifs is 1. The number of H-pyrrole nitrogens is 2. The van der Waals surface area contributed by atoms with Gasteiger partial charge in [-0.3, -0.25) is 9.59 Å². The molecule has 0 radical (unpaired) electrons. The molecule has 6 aromatic rings. The van der Waals surface area contributed by atoms with Gasteiger partial charge in [-0.25, -0.2) is 0 Å². The van der Waals surface area contributed by atoms with Crippen LogP contribution < -0.4 is 10.6 Å². The summed E-state index contributed by atoms with van der Waals surface area (Å²) in [6.45, 7) is 0. The van der Waals surface area contributed by atoms with Crippen molar-refractivity contribution in [2.45, 2.75) is 12.8 Å². The van der Waals surface area contributed by atoms with Crippen molar-refractivity contribution in [1.29, 1.82) is 0 Å². The van der Waals surface area contributed by atoms with E-state index in [-0.39, 0.29) is 11.8 Å². The predicted octanol–water partition coefficient (Wildman–Crippen LogP) is 6.40. The Labute approximate surface area is 243 Å². The highest BCUT2D eigenvalue weighted by Crippen LogP contribution is 2.30. The summed E-state index contributed by atoms with van der Waals surface area (Å²) < 4.78 is 0.808. The number of nitrogens with zero attached hydrogens (tertiary/aromatic N) is 3. The number of nitrogens with one attached hydrogen (secondary N) is 4. The Kier molecular flexibility index (Phi) is 7.38. The third kappa shape index (κ3) is 5.78. The molecular formula is C31H24BrN7O2. The number of carbonyl (C=O) groups excluding carboxylic acids is 2. The van der Waals surface area contributed by atoms with Crippen LogP contribution in [0.3, 0.4) is 0 Å². The van der Waals surface area contributed by atoms with Crippen molar-refractivity contribution in [2.24, 2.45) is 0 Å². The third-order valence-corrected chi connectivity index (χ3v) is 7.25. The van der Waals surface area contributed by atoms with E-state index in [1.165, 1.54) is 5.56 Å². The number of carbonyl (C=O) groups is 2. The zero-order chi connectivity index (χ0) is 28.2. The number of amides is 2. The van der Waals surface area contributed by atoms with Crippen LogP contribution in [0.2, 0.25) is 0 Å². The molecule has 10 heteroatoms. The highest BCUT2D eigenvalue weighted by molar-refractivity contribution is 9.10. The molecule has 0 aliphatic heterocycles. The second-order valence-corrected chi connectivity index (χ2v) is 10.3. The summed E-state index contributed by atoms with van der Waals surface area (Å²) in [7, 11) is 0. The Balaban J connectivity index is 1.22. The largest absolute Gasteiger partial charge is 0.349 e. The van der Waals surface area contributed by atoms with Gasteiger partial charge in [0.05, 0.1) is 16.9 Å². The van der Waals surface area contributed by atoms with Gasteiger partial charge in [0.1, 0.15) is 5.69 Å². The fraction of sp³-hybridized carbons (Fsp3) is 0.0645. The van der Waals surface area contributed by atoms with E-state index in [2.05, 4.69) is 64.3 Å². The first-order valence-corrected chi connectivity index (χ1v) is 13.7. The van der Waals surface area contributed by atoms with Crippen LogP contribution in [0.4, 0.5) is 11.4 Å². The molecule has 202 valence electrons. The molecule has 4 aromatic carbocycles.